The second-order valence-corrected chi connectivity index (χ2v) is 6.94. The molecular formula is C23H22N2O4. The Labute approximate surface area is 169 Å². The van der Waals surface area contributed by atoms with Crippen molar-refractivity contribution < 1.29 is 18.7 Å². The van der Waals surface area contributed by atoms with Gasteiger partial charge in [-0.2, -0.15) is 0 Å². The zero-order valence-corrected chi connectivity index (χ0v) is 16.3. The molecule has 0 saturated carbocycles. The number of anilines is 1. The number of amides is 1. The molecule has 1 aliphatic rings. The monoisotopic (exact) mass is 390 g/mol. The van der Waals surface area contributed by atoms with Gasteiger partial charge in [-0.1, -0.05) is 42.5 Å². The second-order valence-electron chi connectivity index (χ2n) is 6.94. The van der Waals surface area contributed by atoms with Crippen molar-refractivity contribution in [3.05, 3.63) is 88.9 Å². The van der Waals surface area contributed by atoms with Crippen molar-refractivity contribution >= 4 is 17.6 Å². The summed E-state index contributed by atoms with van der Waals surface area (Å²) in [6, 6.07) is 19.1. The highest BCUT2D eigenvalue weighted by Crippen LogP contribution is 2.34. The van der Waals surface area contributed by atoms with Crippen LogP contribution in [0.3, 0.4) is 0 Å². The highest BCUT2D eigenvalue weighted by molar-refractivity contribution is 6.01. The lowest BCUT2D eigenvalue weighted by atomic mass is 10.0. The maximum Gasteiger partial charge on any atom is 0.341 e. The number of esters is 1. The fourth-order valence-corrected chi connectivity index (χ4v) is 3.59. The highest BCUT2D eigenvalue weighted by atomic mass is 16.5. The smallest absolute Gasteiger partial charge is 0.341 e. The van der Waals surface area contributed by atoms with Crippen LogP contribution in [0, 0.1) is 6.92 Å². The minimum absolute atomic E-state index is 0.0750. The van der Waals surface area contributed by atoms with E-state index in [1.165, 1.54) is 7.11 Å². The summed E-state index contributed by atoms with van der Waals surface area (Å²) in [5, 5.41) is 3.39. The number of carbonyl (C=O) groups excluding carboxylic acids is 2. The molecule has 0 radical (unpaired) electrons. The van der Waals surface area contributed by atoms with E-state index in [1.807, 2.05) is 54.6 Å². The third kappa shape index (κ3) is 3.61. The van der Waals surface area contributed by atoms with Gasteiger partial charge in [0.15, 0.2) is 6.17 Å². The molecule has 148 valence electrons. The summed E-state index contributed by atoms with van der Waals surface area (Å²) >= 11 is 0. The first-order chi connectivity index (χ1) is 14.1. The first-order valence-electron chi connectivity index (χ1n) is 9.47. The zero-order chi connectivity index (χ0) is 20.4. The quantitative estimate of drug-likeness (QED) is 0.662. The van der Waals surface area contributed by atoms with Gasteiger partial charge in [0.1, 0.15) is 17.1 Å². The molecule has 0 saturated heterocycles. The van der Waals surface area contributed by atoms with E-state index in [9.17, 15) is 9.59 Å². The molecule has 1 atom stereocenters. The third-order valence-electron chi connectivity index (χ3n) is 5.12. The van der Waals surface area contributed by atoms with Gasteiger partial charge in [0, 0.05) is 12.2 Å². The molecule has 1 amide bonds. The van der Waals surface area contributed by atoms with E-state index in [4.69, 9.17) is 9.15 Å². The maximum atomic E-state index is 13.3. The van der Waals surface area contributed by atoms with E-state index >= 15 is 0 Å². The zero-order valence-electron chi connectivity index (χ0n) is 16.3. The highest BCUT2D eigenvalue weighted by Gasteiger charge is 2.35. The summed E-state index contributed by atoms with van der Waals surface area (Å²) in [4.78, 5) is 27.0. The van der Waals surface area contributed by atoms with Gasteiger partial charge in [0.2, 0.25) is 0 Å². The summed E-state index contributed by atoms with van der Waals surface area (Å²) < 4.78 is 10.7. The number of benzene rings is 2. The first kappa shape index (κ1) is 18.8. The number of hydrogen-bond acceptors (Lipinski definition) is 5. The number of rotatable bonds is 5. The molecule has 2 heterocycles. The summed E-state index contributed by atoms with van der Waals surface area (Å²) in [5.74, 6) is 0.423. The van der Waals surface area contributed by atoms with Gasteiger partial charge < -0.3 is 19.4 Å². The molecule has 1 aliphatic heterocycles. The largest absolute Gasteiger partial charge is 0.465 e. The van der Waals surface area contributed by atoms with Gasteiger partial charge in [-0.15, -0.1) is 0 Å². The number of nitrogens with one attached hydrogen (secondary N) is 1. The number of hydrogen-bond donors (Lipinski definition) is 1. The number of nitrogens with zero attached hydrogens (tertiary/aromatic N) is 1. The van der Waals surface area contributed by atoms with E-state index in [2.05, 4.69) is 5.32 Å². The van der Waals surface area contributed by atoms with Crippen LogP contribution in [0.25, 0.3) is 0 Å². The topological polar surface area (TPSA) is 71.8 Å². The van der Waals surface area contributed by atoms with Crippen LogP contribution in [0.15, 0.2) is 65.1 Å². The summed E-state index contributed by atoms with van der Waals surface area (Å²) in [6.45, 7) is 2.21. The predicted octanol–water partition coefficient (Wildman–Crippen LogP) is 4.18. The fourth-order valence-electron chi connectivity index (χ4n) is 3.59. The molecule has 6 heteroatoms. The van der Waals surface area contributed by atoms with E-state index < -0.39 is 12.1 Å². The van der Waals surface area contributed by atoms with Gasteiger partial charge in [-0.05, 0) is 37.1 Å². The van der Waals surface area contributed by atoms with E-state index in [-0.39, 0.29) is 5.91 Å². The van der Waals surface area contributed by atoms with Crippen LogP contribution in [0.4, 0.5) is 5.69 Å². The average Bonchev–Trinajstić information content (AvgIpc) is 3.14. The lowest BCUT2D eigenvalue weighted by Crippen LogP contribution is -2.43. The normalized spacial score (nSPS) is 15.6. The molecule has 0 aliphatic carbocycles. The Morgan fingerprint density at radius 2 is 1.86 bits per heavy atom. The van der Waals surface area contributed by atoms with Crippen molar-refractivity contribution in [3.8, 4) is 0 Å². The van der Waals surface area contributed by atoms with Crippen LogP contribution in [-0.2, 0) is 11.2 Å². The Morgan fingerprint density at radius 3 is 2.62 bits per heavy atom. The van der Waals surface area contributed by atoms with Crippen molar-refractivity contribution in [1.29, 1.82) is 0 Å². The maximum absolute atomic E-state index is 13.3. The van der Waals surface area contributed by atoms with Crippen molar-refractivity contribution in [2.45, 2.75) is 19.5 Å². The van der Waals surface area contributed by atoms with Gasteiger partial charge in [-0.3, -0.25) is 4.79 Å². The molecule has 2 aromatic carbocycles. The lowest BCUT2D eigenvalue weighted by Gasteiger charge is -2.36. The predicted molar refractivity (Wildman–Crippen MR) is 109 cm³/mol. The number of ether oxygens (including phenoxy) is 1. The molecule has 1 unspecified atom stereocenters. The van der Waals surface area contributed by atoms with Gasteiger partial charge in [0.05, 0.1) is 12.7 Å². The molecule has 0 fully saturated rings. The van der Waals surface area contributed by atoms with Gasteiger partial charge >= 0.3 is 5.97 Å². The number of fused-ring (bicyclic) bond motifs is 1. The molecule has 3 aromatic rings. The van der Waals surface area contributed by atoms with Gasteiger partial charge in [0.25, 0.3) is 5.91 Å². The van der Waals surface area contributed by atoms with Crippen molar-refractivity contribution in [2.24, 2.45) is 0 Å². The van der Waals surface area contributed by atoms with Crippen LogP contribution < -0.4 is 5.32 Å². The number of carbonyl (C=O) groups is 2. The van der Waals surface area contributed by atoms with Crippen LogP contribution in [-0.4, -0.2) is 30.4 Å². The van der Waals surface area contributed by atoms with Crippen molar-refractivity contribution in [2.75, 3.05) is 19.0 Å². The Hall–Kier alpha value is -3.54. The number of para-hydroxylation sites is 1. The number of methoxy groups -OCH3 is 1. The minimum atomic E-state index is -0.516. The third-order valence-corrected chi connectivity index (χ3v) is 5.12. The number of furan rings is 1. The second kappa shape index (κ2) is 7.83. The van der Waals surface area contributed by atoms with Crippen LogP contribution in [0.5, 0.6) is 0 Å². The Bertz CT molecular complexity index is 1040. The van der Waals surface area contributed by atoms with Crippen molar-refractivity contribution in [1.82, 2.24) is 4.90 Å². The van der Waals surface area contributed by atoms with E-state index in [0.717, 1.165) is 11.3 Å². The van der Waals surface area contributed by atoms with E-state index in [0.29, 0.717) is 35.6 Å². The summed E-state index contributed by atoms with van der Waals surface area (Å²) in [5.41, 5.74) is 2.86. The molecule has 4 rings (SSSR count). The SMILES string of the molecule is COC(=O)c1cc(C2Nc3ccccc3C(=O)N2CCc2ccccc2)oc1C. The average molecular weight is 390 g/mol. The molecule has 0 spiro atoms. The molecular weight excluding hydrogens is 368 g/mol. The molecule has 1 aromatic heterocycles. The molecule has 1 N–H and O–H groups in total. The minimum Gasteiger partial charge on any atom is -0.465 e. The standard InChI is InChI=1S/C23H22N2O4/c1-15-18(23(27)28-2)14-20(29-15)21-24-19-11-7-6-10-17(19)22(26)25(21)13-12-16-8-4-3-5-9-16/h3-11,14,21,24H,12-13H2,1-2H3. The van der Waals surface area contributed by atoms with Crippen LogP contribution in [0.2, 0.25) is 0 Å². The molecule has 0 bridgehead atoms. The van der Waals surface area contributed by atoms with E-state index in [1.54, 1.807) is 17.9 Å². The molecule has 6 nitrogen and oxygen atoms in total. The Kier molecular flexibility index (Phi) is 5.08. The summed E-state index contributed by atoms with van der Waals surface area (Å²) in [7, 11) is 1.33. The van der Waals surface area contributed by atoms with Crippen molar-refractivity contribution in [3.63, 3.8) is 0 Å². The summed E-state index contributed by atoms with van der Waals surface area (Å²) in [6.07, 6.45) is 0.189. The van der Waals surface area contributed by atoms with Crippen LogP contribution in [0.1, 0.15) is 44.0 Å². The number of aryl methyl sites for hydroxylation is 1. The Morgan fingerprint density at radius 1 is 1.14 bits per heavy atom. The van der Waals surface area contributed by atoms with Crippen LogP contribution >= 0.6 is 0 Å². The Balaban J connectivity index is 1.69. The fraction of sp³-hybridized carbons (Fsp3) is 0.217. The first-order valence-corrected chi connectivity index (χ1v) is 9.47. The lowest BCUT2D eigenvalue weighted by molar-refractivity contribution is 0.0597. The molecule has 29 heavy (non-hydrogen) atoms. The van der Waals surface area contributed by atoms with Gasteiger partial charge in [-0.25, -0.2) is 4.79 Å².